The van der Waals surface area contributed by atoms with Gasteiger partial charge in [0.25, 0.3) is 5.91 Å². The Morgan fingerprint density at radius 3 is 2.48 bits per heavy atom. The van der Waals surface area contributed by atoms with Gasteiger partial charge in [0.2, 0.25) is 0 Å². The number of aromatic nitrogens is 1. The Morgan fingerprint density at radius 1 is 0.931 bits per heavy atom. The van der Waals surface area contributed by atoms with E-state index in [0.717, 1.165) is 53.2 Å². The zero-order valence-corrected chi connectivity index (χ0v) is 17.5. The van der Waals surface area contributed by atoms with Gasteiger partial charge >= 0.3 is 0 Å². The number of carbonyl (C=O) groups excluding carboxylic acids is 1. The topological polar surface area (TPSA) is 36.4 Å². The van der Waals surface area contributed by atoms with Crippen LogP contribution in [0.5, 0.6) is 0 Å². The van der Waals surface area contributed by atoms with E-state index in [1.165, 1.54) is 15.8 Å². The molecule has 3 aromatic carbocycles. The Kier molecular flexibility index (Phi) is 4.47. The predicted molar refractivity (Wildman–Crippen MR) is 121 cm³/mol. The van der Waals surface area contributed by atoms with E-state index in [1.807, 2.05) is 35.2 Å². The summed E-state index contributed by atoms with van der Waals surface area (Å²) in [5.41, 5.74) is 4.38. The maximum atomic E-state index is 13.0. The molecule has 0 bridgehead atoms. The fourth-order valence-corrected chi connectivity index (χ4v) is 5.17. The summed E-state index contributed by atoms with van der Waals surface area (Å²) in [6.45, 7) is 7.34. The van der Waals surface area contributed by atoms with Crippen LogP contribution in [0.4, 0.5) is 5.13 Å². The van der Waals surface area contributed by atoms with Crippen molar-refractivity contribution in [2.75, 3.05) is 31.1 Å². The van der Waals surface area contributed by atoms with Gasteiger partial charge in [0.1, 0.15) is 0 Å². The molecule has 1 amide bonds. The van der Waals surface area contributed by atoms with Crippen LogP contribution < -0.4 is 4.90 Å². The molecular formula is C24H23N3OS. The van der Waals surface area contributed by atoms with E-state index < -0.39 is 0 Å². The third-order valence-electron chi connectivity index (χ3n) is 5.64. The highest BCUT2D eigenvalue weighted by molar-refractivity contribution is 7.22. The average Bonchev–Trinajstić information content (AvgIpc) is 3.17. The Bertz CT molecular complexity index is 1220. The summed E-state index contributed by atoms with van der Waals surface area (Å²) in [7, 11) is 0. The maximum absolute atomic E-state index is 13.0. The van der Waals surface area contributed by atoms with Crippen molar-refractivity contribution >= 4 is 43.4 Å². The number of fused-ring (bicyclic) bond motifs is 2. The Balaban J connectivity index is 1.32. The zero-order valence-electron chi connectivity index (χ0n) is 16.7. The van der Waals surface area contributed by atoms with Crippen molar-refractivity contribution in [3.8, 4) is 0 Å². The van der Waals surface area contributed by atoms with Crippen LogP contribution in [-0.4, -0.2) is 42.0 Å². The number of thiazole rings is 1. The predicted octanol–water partition coefficient (Wildman–Crippen LogP) is 5.03. The number of carbonyl (C=O) groups is 1. The molecule has 1 aromatic heterocycles. The summed E-state index contributed by atoms with van der Waals surface area (Å²) in [5, 5.41) is 3.33. The van der Waals surface area contributed by atoms with Gasteiger partial charge in [-0.1, -0.05) is 47.7 Å². The Hall–Kier alpha value is -2.92. The van der Waals surface area contributed by atoms with Gasteiger partial charge < -0.3 is 9.80 Å². The van der Waals surface area contributed by atoms with Crippen LogP contribution in [0.1, 0.15) is 21.5 Å². The summed E-state index contributed by atoms with van der Waals surface area (Å²) in [6.07, 6.45) is 0. The highest BCUT2D eigenvalue weighted by Crippen LogP contribution is 2.32. The van der Waals surface area contributed by atoms with Crippen LogP contribution in [0.2, 0.25) is 0 Å². The molecule has 0 aliphatic carbocycles. The normalized spacial score (nSPS) is 14.7. The Labute approximate surface area is 174 Å². The van der Waals surface area contributed by atoms with Gasteiger partial charge in [-0.15, -0.1) is 0 Å². The quantitative estimate of drug-likeness (QED) is 0.473. The van der Waals surface area contributed by atoms with E-state index in [0.29, 0.717) is 0 Å². The Morgan fingerprint density at radius 2 is 1.69 bits per heavy atom. The van der Waals surface area contributed by atoms with E-state index >= 15 is 0 Å². The summed E-state index contributed by atoms with van der Waals surface area (Å²) < 4.78 is 1.26. The van der Waals surface area contributed by atoms with Crippen molar-refractivity contribution < 1.29 is 4.79 Å². The SMILES string of the molecule is Cc1cc(C)c2sc(N3CCN(C(=O)c4ccc5ccccc5c4)CC3)nc2c1. The van der Waals surface area contributed by atoms with Crippen molar-refractivity contribution in [1.29, 1.82) is 0 Å². The van der Waals surface area contributed by atoms with Crippen molar-refractivity contribution in [2.45, 2.75) is 13.8 Å². The first-order valence-electron chi connectivity index (χ1n) is 9.99. The van der Waals surface area contributed by atoms with Gasteiger partial charge in [0, 0.05) is 31.7 Å². The van der Waals surface area contributed by atoms with Crippen LogP contribution >= 0.6 is 11.3 Å². The smallest absolute Gasteiger partial charge is 0.253 e. The molecule has 5 heteroatoms. The standard InChI is InChI=1S/C24H23N3OS/c1-16-13-17(2)22-21(14-16)25-24(29-22)27-11-9-26(10-12-27)23(28)20-8-7-18-5-3-4-6-19(18)15-20/h3-8,13-15H,9-12H2,1-2H3. The van der Waals surface area contributed by atoms with E-state index in [4.69, 9.17) is 4.98 Å². The number of aryl methyl sites for hydroxylation is 2. The molecule has 4 nitrogen and oxygen atoms in total. The molecule has 0 spiro atoms. The lowest BCUT2D eigenvalue weighted by molar-refractivity contribution is 0.0747. The number of hydrogen-bond acceptors (Lipinski definition) is 4. The van der Waals surface area contributed by atoms with Crippen LogP contribution in [0, 0.1) is 13.8 Å². The van der Waals surface area contributed by atoms with Gasteiger partial charge in [0.05, 0.1) is 10.2 Å². The number of hydrogen-bond donors (Lipinski definition) is 0. The number of piperazine rings is 1. The molecule has 1 aliphatic heterocycles. The third kappa shape index (κ3) is 3.36. The number of rotatable bonds is 2. The highest BCUT2D eigenvalue weighted by Gasteiger charge is 2.24. The molecule has 29 heavy (non-hydrogen) atoms. The second-order valence-corrected chi connectivity index (χ2v) is 8.75. The molecule has 5 rings (SSSR count). The number of nitrogens with zero attached hydrogens (tertiary/aromatic N) is 3. The summed E-state index contributed by atoms with van der Waals surface area (Å²) in [6, 6.07) is 18.5. The lowest BCUT2D eigenvalue weighted by Gasteiger charge is -2.34. The second-order valence-electron chi connectivity index (χ2n) is 7.77. The van der Waals surface area contributed by atoms with E-state index in [1.54, 1.807) is 11.3 Å². The van der Waals surface area contributed by atoms with E-state index in [9.17, 15) is 4.79 Å². The van der Waals surface area contributed by atoms with Gasteiger partial charge in [-0.3, -0.25) is 4.79 Å². The van der Waals surface area contributed by atoms with Gasteiger partial charge in [0.15, 0.2) is 5.13 Å². The van der Waals surface area contributed by atoms with Gasteiger partial charge in [-0.05, 0) is 53.9 Å². The lowest BCUT2D eigenvalue weighted by Crippen LogP contribution is -2.48. The number of anilines is 1. The fourth-order valence-electron chi connectivity index (χ4n) is 4.11. The van der Waals surface area contributed by atoms with E-state index in [-0.39, 0.29) is 5.91 Å². The summed E-state index contributed by atoms with van der Waals surface area (Å²) in [4.78, 5) is 22.1. The fraction of sp³-hybridized carbons (Fsp3) is 0.250. The first kappa shape index (κ1) is 18.1. The van der Waals surface area contributed by atoms with Crippen molar-refractivity contribution in [3.05, 3.63) is 71.3 Å². The van der Waals surface area contributed by atoms with Crippen LogP contribution in [-0.2, 0) is 0 Å². The molecule has 0 saturated carbocycles. The molecule has 1 fully saturated rings. The minimum absolute atomic E-state index is 0.117. The van der Waals surface area contributed by atoms with Crippen molar-refractivity contribution in [2.24, 2.45) is 0 Å². The molecule has 146 valence electrons. The molecule has 2 heterocycles. The summed E-state index contributed by atoms with van der Waals surface area (Å²) >= 11 is 1.76. The van der Waals surface area contributed by atoms with Crippen molar-refractivity contribution in [3.63, 3.8) is 0 Å². The maximum Gasteiger partial charge on any atom is 0.253 e. The molecular weight excluding hydrogens is 378 g/mol. The van der Waals surface area contributed by atoms with E-state index in [2.05, 4.69) is 43.0 Å². The van der Waals surface area contributed by atoms with Gasteiger partial charge in [-0.25, -0.2) is 4.98 Å². The molecule has 0 N–H and O–H groups in total. The first-order valence-corrected chi connectivity index (χ1v) is 10.8. The monoisotopic (exact) mass is 401 g/mol. The van der Waals surface area contributed by atoms with Crippen LogP contribution in [0.3, 0.4) is 0 Å². The molecule has 0 atom stereocenters. The minimum atomic E-state index is 0.117. The number of amides is 1. The molecule has 4 aromatic rings. The lowest BCUT2D eigenvalue weighted by atomic mass is 10.1. The largest absolute Gasteiger partial charge is 0.345 e. The zero-order chi connectivity index (χ0) is 20.0. The number of benzene rings is 3. The third-order valence-corrected chi connectivity index (χ3v) is 6.91. The molecule has 0 unspecified atom stereocenters. The minimum Gasteiger partial charge on any atom is -0.345 e. The second kappa shape index (κ2) is 7.16. The first-order chi connectivity index (χ1) is 14.1. The van der Waals surface area contributed by atoms with Crippen LogP contribution in [0.25, 0.3) is 21.0 Å². The molecule has 0 radical (unpaired) electrons. The molecule has 1 saturated heterocycles. The van der Waals surface area contributed by atoms with Crippen molar-refractivity contribution in [1.82, 2.24) is 9.88 Å². The average molecular weight is 402 g/mol. The van der Waals surface area contributed by atoms with Gasteiger partial charge in [-0.2, -0.15) is 0 Å². The van der Waals surface area contributed by atoms with Crippen LogP contribution in [0.15, 0.2) is 54.6 Å². The summed E-state index contributed by atoms with van der Waals surface area (Å²) in [5.74, 6) is 0.117. The molecule has 1 aliphatic rings. The highest BCUT2D eigenvalue weighted by atomic mass is 32.1.